The van der Waals surface area contributed by atoms with Crippen LogP contribution in [-0.2, 0) is 24.3 Å². The fraction of sp³-hybridized carbons (Fsp3) is 0.304. The summed E-state index contributed by atoms with van der Waals surface area (Å²) in [7, 11) is 0. The van der Waals surface area contributed by atoms with E-state index in [1.807, 2.05) is 12.1 Å². The van der Waals surface area contributed by atoms with Gasteiger partial charge in [-0.05, 0) is 50.1 Å². The van der Waals surface area contributed by atoms with Crippen LogP contribution < -0.4 is 15.5 Å². The van der Waals surface area contributed by atoms with Crippen molar-refractivity contribution in [3.8, 4) is 0 Å². The topological polar surface area (TPSA) is 87.7 Å². The number of hydrogen-bond acceptors (Lipinski definition) is 5. The van der Waals surface area contributed by atoms with Crippen molar-refractivity contribution < 1.29 is 18.4 Å². The van der Waals surface area contributed by atoms with Gasteiger partial charge in [0.15, 0.2) is 0 Å². The van der Waals surface area contributed by atoms with Crippen molar-refractivity contribution in [2.75, 3.05) is 4.90 Å². The van der Waals surface area contributed by atoms with E-state index in [4.69, 9.17) is 8.83 Å². The number of amides is 2. The second kappa shape index (κ2) is 8.49. The minimum Gasteiger partial charge on any atom is -0.467 e. The molecule has 0 fully saturated rings. The summed E-state index contributed by atoms with van der Waals surface area (Å²) in [6.45, 7) is 4.57. The Morgan fingerprint density at radius 3 is 2.77 bits per heavy atom. The van der Waals surface area contributed by atoms with Crippen molar-refractivity contribution >= 4 is 17.5 Å². The SMILES string of the molecule is CC(NC(=O)c1ccoc1CN1c2ccccc2CC1C)C(=O)NCc1ccco1. The molecule has 2 unspecified atom stereocenters. The Bertz CT molecular complexity index is 1020. The van der Waals surface area contributed by atoms with Crippen molar-refractivity contribution in [1.82, 2.24) is 10.6 Å². The number of carbonyl (C=O) groups is 2. The first kappa shape index (κ1) is 19.8. The van der Waals surface area contributed by atoms with Gasteiger partial charge < -0.3 is 24.4 Å². The van der Waals surface area contributed by atoms with Gasteiger partial charge in [0.25, 0.3) is 5.91 Å². The first-order chi connectivity index (χ1) is 14.5. The lowest BCUT2D eigenvalue weighted by atomic mass is 10.1. The number of nitrogens with zero attached hydrogens (tertiary/aromatic N) is 1. The molecule has 1 aliphatic rings. The zero-order valence-electron chi connectivity index (χ0n) is 17.1. The standard InChI is InChI=1S/C23H25N3O4/c1-15-12-17-6-3-4-8-20(17)26(15)14-21-19(9-11-30-21)23(28)25-16(2)22(27)24-13-18-7-5-10-29-18/h3-11,15-16H,12-14H2,1-2H3,(H,24,27)(H,25,28). The summed E-state index contributed by atoms with van der Waals surface area (Å²) in [6, 6.07) is 13.1. The van der Waals surface area contributed by atoms with Crippen LogP contribution in [0.25, 0.3) is 0 Å². The number of anilines is 1. The molecule has 4 rings (SSSR count). The van der Waals surface area contributed by atoms with Gasteiger partial charge in [-0.3, -0.25) is 9.59 Å². The molecule has 1 aromatic carbocycles. The van der Waals surface area contributed by atoms with Crippen molar-refractivity contribution in [2.45, 2.75) is 45.4 Å². The van der Waals surface area contributed by atoms with Crippen molar-refractivity contribution in [3.05, 3.63) is 77.6 Å². The van der Waals surface area contributed by atoms with Gasteiger partial charge in [-0.25, -0.2) is 0 Å². The molecule has 7 nitrogen and oxygen atoms in total. The molecule has 0 saturated heterocycles. The highest BCUT2D eigenvalue weighted by Gasteiger charge is 2.28. The summed E-state index contributed by atoms with van der Waals surface area (Å²) in [4.78, 5) is 27.3. The molecule has 2 N–H and O–H groups in total. The maximum atomic E-state index is 12.8. The highest BCUT2D eigenvalue weighted by Crippen LogP contribution is 2.33. The monoisotopic (exact) mass is 407 g/mol. The summed E-state index contributed by atoms with van der Waals surface area (Å²) in [6.07, 6.45) is 4.02. The van der Waals surface area contributed by atoms with Gasteiger partial charge in [0, 0.05) is 11.7 Å². The number of para-hydroxylation sites is 1. The van der Waals surface area contributed by atoms with Crippen molar-refractivity contribution in [2.24, 2.45) is 0 Å². The molecule has 0 bridgehead atoms. The van der Waals surface area contributed by atoms with E-state index in [-0.39, 0.29) is 18.4 Å². The van der Waals surface area contributed by atoms with Crippen LogP contribution in [-0.4, -0.2) is 23.9 Å². The van der Waals surface area contributed by atoms with Gasteiger partial charge in [-0.15, -0.1) is 0 Å². The second-order valence-corrected chi connectivity index (χ2v) is 7.56. The van der Waals surface area contributed by atoms with E-state index in [2.05, 4.69) is 34.6 Å². The number of rotatable bonds is 7. The molecular formula is C23H25N3O4. The van der Waals surface area contributed by atoms with Crippen LogP contribution in [0.1, 0.15) is 41.3 Å². The molecule has 1 aliphatic heterocycles. The molecule has 30 heavy (non-hydrogen) atoms. The predicted molar refractivity (Wildman–Crippen MR) is 112 cm³/mol. The molecule has 3 aromatic rings. The minimum atomic E-state index is -0.693. The normalized spacial score (nSPS) is 16.2. The Kier molecular flexibility index (Phi) is 5.61. The van der Waals surface area contributed by atoms with Crippen LogP contribution in [0.4, 0.5) is 5.69 Å². The zero-order chi connectivity index (χ0) is 21.1. The Morgan fingerprint density at radius 1 is 1.13 bits per heavy atom. The molecule has 0 radical (unpaired) electrons. The van der Waals surface area contributed by atoms with Gasteiger partial charge in [0.05, 0.1) is 31.2 Å². The van der Waals surface area contributed by atoms with E-state index in [9.17, 15) is 9.59 Å². The molecule has 0 aliphatic carbocycles. The lowest BCUT2D eigenvalue weighted by molar-refractivity contribution is -0.122. The summed E-state index contributed by atoms with van der Waals surface area (Å²) >= 11 is 0. The average Bonchev–Trinajstić information content (AvgIpc) is 3.47. The predicted octanol–water partition coefficient (Wildman–Crippen LogP) is 3.26. The van der Waals surface area contributed by atoms with Crippen LogP contribution in [0.15, 0.2) is 63.8 Å². The van der Waals surface area contributed by atoms with Crippen molar-refractivity contribution in [1.29, 1.82) is 0 Å². The number of hydrogen-bond donors (Lipinski definition) is 2. The molecule has 156 valence electrons. The van der Waals surface area contributed by atoms with Gasteiger partial charge in [0.2, 0.25) is 5.91 Å². The quantitative estimate of drug-likeness (QED) is 0.628. The van der Waals surface area contributed by atoms with Crippen molar-refractivity contribution in [3.63, 3.8) is 0 Å². The summed E-state index contributed by atoms with van der Waals surface area (Å²) < 4.78 is 10.8. The molecule has 3 heterocycles. The molecular weight excluding hydrogens is 382 g/mol. The lowest BCUT2D eigenvalue weighted by Crippen LogP contribution is -2.44. The fourth-order valence-corrected chi connectivity index (χ4v) is 3.77. The third-order valence-corrected chi connectivity index (χ3v) is 5.41. The number of benzene rings is 1. The smallest absolute Gasteiger partial charge is 0.255 e. The Balaban J connectivity index is 1.39. The Hall–Kier alpha value is -3.48. The molecule has 0 spiro atoms. The van der Waals surface area contributed by atoms with Crippen LogP contribution >= 0.6 is 0 Å². The third-order valence-electron chi connectivity index (χ3n) is 5.41. The number of carbonyl (C=O) groups excluding carboxylic acids is 2. The molecule has 2 aromatic heterocycles. The van der Waals surface area contributed by atoms with Gasteiger partial charge in [-0.2, -0.15) is 0 Å². The summed E-state index contributed by atoms with van der Waals surface area (Å²) in [5.74, 6) is 0.615. The van der Waals surface area contributed by atoms with Gasteiger partial charge in [-0.1, -0.05) is 18.2 Å². The van der Waals surface area contributed by atoms with E-state index in [1.165, 1.54) is 17.5 Å². The Labute approximate surface area is 175 Å². The fourth-order valence-electron chi connectivity index (χ4n) is 3.77. The number of fused-ring (bicyclic) bond motifs is 1. The van der Waals surface area contributed by atoms with Gasteiger partial charge >= 0.3 is 0 Å². The maximum absolute atomic E-state index is 12.8. The molecule has 2 amide bonds. The van der Waals surface area contributed by atoms with Crippen LogP contribution in [0.2, 0.25) is 0 Å². The van der Waals surface area contributed by atoms with Gasteiger partial charge in [0.1, 0.15) is 17.6 Å². The van der Waals surface area contributed by atoms with Crippen LogP contribution in [0.3, 0.4) is 0 Å². The number of nitrogens with one attached hydrogen (secondary N) is 2. The van der Waals surface area contributed by atoms with Crippen LogP contribution in [0.5, 0.6) is 0 Å². The zero-order valence-corrected chi connectivity index (χ0v) is 17.1. The van der Waals surface area contributed by atoms with E-state index in [1.54, 1.807) is 31.4 Å². The van der Waals surface area contributed by atoms with Crippen LogP contribution in [0, 0.1) is 0 Å². The average molecular weight is 407 g/mol. The third kappa shape index (κ3) is 4.10. The highest BCUT2D eigenvalue weighted by atomic mass is 16.3. The summed E-state index contributed by atoms with van der Waals surface area (Å²) in [5, 5.41) is 5.49. The van der Waals surface area contributed by atoms with E-state index < -0.39 is 6.04 Å². The highest BCUT2D eigenvalue weighted by molar-refractivity contribution is 5.98. The molecule has 0 saturated carbocycles. The van der Waals surface area contributed by atoms with E-state index in [0.717, 1.165) is 6.42 Å². The minimum absolute atomic E-state index is 0.273. The largest absolute Gasteiger partial charge is 0.467 e. The number of furan rings is 2. The molecule has 2 atom stereocenters. The second-order valence-electron chi connectivity index (χ2n) is 7.56. The first-order valence-corrected chi connectivity index (χ1v) is 10.0. The first-order valence-electron chi connectivity index (χ1n) is 10.0. The lowest BCUT2D eigenvalue weighted by Gasteiger charge is -2.24. The maximum Gasteiger partial charge on any atom is 0.255 e. The van der Waals surface area contributed by atoms with E-state index in [0.29, 0.717) is 29.7 Å². The molecule has 7 heteroatoms. The van der Waals surface area contributed by atoms with E-state index >= 15 is 0 Å². The Morgan fingerprint density at radius 2 is 1.97 bits per heavy atom. The summed E-state index contributed by atoms with van der Waals surface area (Å²) in [5.41, 5.74) is 2.90.